The normalized spacial score (nSPS) is 36.4. The summed E-state index contributed by atoms with van der Waals surface area (Å²) in [6.45, 7) is 7.24. The quantitative estimate of drug-likeness (QED) is 0.686. The van der Waals surface area contributed by atoms with Gasteiger partial charge in [-0.15, -0.1) is 0 Å². The molecule has 1 aromatic rings. The van der Waals surface area contributed by atoms with Crippen molar-refractivity contribution < 1.29 is 28.8 Å². The Morgan fingerprint density at radius 1 is 1.20 bits per heavy atom. The zero-order valence-corrected chi connectivity index (χ0v) is 18.0. The maximum absolute atomic E-state index is 11.6. The van der Waals surface area contributed by atoms with E-state index in [2.05, 4.69) is 0 Å². The molecule has 2 saturated heterocycles. The molecule has 3 rings (SSSR count). The third kappa shape index (κ3) is 3.67. The van der Waals surface area contributed by atoms with Gasteiger partial charge in [-0.25, -0.2) is 4.79 Å². The molecular formula is C23H30O7. The highest BCUT2D eigenvalue weighted by atomic mass is 16.7. The maximum Gasteiger partial charge on any atom is 0.339 e. The molecule has 0 aromatic carbocycles. The Labute approximate surface area is 176 Å². The largest absolute Gasteiger partial charge is 0.496 e. The van der Waals surface area contributed by atoms with E-state index in [1.807, 2.05) is 6.92 Å². The number of hydrogen-bond donors (Lipinski definition) is 2. The lowest BCUT2D eigenvalue weighted by atomic mass is 9.69. The smallest absolute Gasteiger partial charge is 0.339 e. The van der Waals surface area contributed by atoms with Crippen molar-refractivity contribution in [2.24, 2.45) is 5.41 Å². The van der Waals surface area contributed by atoms with Gasteiger partial charge in [-0.3, -0.25) is 0 Å². The number of fused-ring (bicyclic) bond motifs is 1. The number of hydrogen-bond acceptors (Lipinski definition) is 7. The van der Waals surface area contributed by atoms with Crippen molar-refractivity contribution >= 4 is 6.08 Å². The number of rotatable bonds is 6. The second-order valence-corrected chi connectivity index (χ2v) is 8.09. The van der Waals surface area contributed by atoms with Crippen molar-refractivity contribution in [2.75, 3.05) is 7.11 Å². The van der Waals surface area contributed by atoms with E-state index in [-0.39, 0.29) is 6.10 Å². The minimum absolute atomic E-state index is 0.378. The maximum atomic E-state index is 11.6. The molecule has 164 valence electrons. The van der Waals surface area contributed by atoms with Crippen molar-refractivity contribution in [3.8, 4) is 5.75 Å². The van der Waals surface area contributed by atoms with Crippen molar-refractivity contribution in [1.29, 1.82) is 0 Å². The fourth-order valence-corrected chi connectivity index (χ4v) is 4.19. The second kappa shape index (κ2) is 8.51. The first kappa shape index (κ1) is 22.5. The first-order valence-electron chi connectivity index (χ1n) is 10.1. The monoisotopic (exact) mass is 418 g/mol. The molecule has 0 spiro atoms. The number of methoxy groups -OCH3 is 1. The van der Waals surface area contributed by atoms with Crippen LogP contribution in [0, 0.1) is 12.3 Å². The summed E-state index contributed by atoms with van der Waals surface area (Å²) in [4.78, 5) is 11.6. The van der Waals surface area contributed by atoms with Crippen LogP contribution in [0.5, 0.6) is 5.75 Å². The molecular weight excluding hydrogens is 388 g/mol. The summed E-state index contributed by atoms with van der Waals surface area (Å²) in [5.41, 5.74) is -1.84. The molecule has 30 heavy (non-hydrogen) atoms. The van der Waals surface area contributed by atoms with Crippen molar-refractivity contribution in [2.45, 2.75) is 64.3 Å². The fraction of sp³-hybridized carbons (Fsp3) is 0.522. The average molecular weight is 418 g/mol. The third-order valence-electron chi connectivity index (χ3n) is 6.37. The molecule has 1 aromatic heterocycles. The fourth-order valence-electron chi connectivity index (χ4n) is 4.19. The molecule has 2 fully saturated rings. The summed E-state index contributed by atoms with van der Waals surface area (Å²) >= 11 is 0. The lowest BCUT2D eigenvalue weighted by Gasteiger charge is -2.38. The van der Waals surface area contributed by atoms with Gasteiger partial charge in [0.15, 0.2) is 6.29 Å². The van der Waals surface area contributed by atoms with Crippen molar-refractivity contribution in [3.05, 3.63) is 58.2 Å². The minimum Gasteiger partial charge on any atom is -0.496 e. The van der Waals surface area contributed by atoms with E-state index in [9.17, 15) is 15.0 Å². The van der Waals surface area contributed by atoms with E-state index in [0.29, 0.717) is 17.9 Å². The molecule has 7 heteroatoms. The van der Waals surface area contributed by atoms with Crippen molar-refractivity contribution in [1.82, 2.24) is 0 Å². The van der Waals surface area contributed by atoms with Crippen LogP contribution in [-0.2, 0) is 9.47 Å². The van der Waals surface area contributed by atoms with Gasteiger partial charge >= 0.3 is 5.63 Å². The van der Waals surface area contributed by atoms with Crippen LogP contribution < -0.4 is 10.4 Å². The SMILES string of the molecule is CC[C@@H]1O[C@H]2O[C@@H](/C=C/C=C/C=C/c3oc(=O)cc(OC)c3C)[C@@H](O)[C@@]2(C)[C@]1(C)O. The van der Waals surface area contributed by atoms with E-state index in [1.165, 1.54) is 13.2 Å². The Morgan fingerprint density at radius 3 is 2.53 bits per heavy atom. The van der Waals surface area contributed by atoms with Crippen LogP contribution >= 0.6 is 0 Å². The van der Waals surface area contributed by atoms with Crippen LogP contribution in [0.3, 0.4) is 0 Å². The summed E-state index contributed by atoms with van der Waals surface area (Å²) in [6.07, 6.45) is 8.53. The van der Waals surface area contributed by atoms with E-state index < -0.39 is 35.1 Å². The van der Waals surface area contributed by atoms with Crippen LogP contribution in [0.4, 0.5) is 0 Å². The Balaban J connectivity index is 1.65. The zero-order chi connectivity index (χ0) is 22.1. The van der Waals surface area contributed by atoms with Crippen LogP contribution in [0.15, 0.2) is 45.7 Å². The summed E-state index contributed by atoms with van der Waals surface area (Å²) in [5.74, 6) is 0.901. The molecule has 0 radical (unpaired) electrons. The molecule has 6 atom stereocenters. The summed E-state index contributed by atoms with van der Waals surface area (Å²) in [7, 11) is 1.50. The molecule has 0 amide bonds. The average Bonchev–Trinajstić information content (AvgIpc) is 3.07. The first-order chi connectivity index (χ1) is 14.2. The van der Waals surface area contributed by atoms with E-state index >= 15 is 0 Å². The second-order valence-electron chi connectivity index (χ2n) is 8.09. The molecule has 2 aliphatic rings. The number of aliphatic hydroxyl groups excluding tert-OH is 1. The molecule has 7 nitrogen and oxygen atoms in total. The van der Waals surface area contributed by atoms with Gasteiger partial charge in [0.2, 0.25) is 0 Å². The van der Waals surface area contributed by atoms with Gasteiger partial charge in [0, 0.05) is 5.56 Å². The van der Waals surface area contributed by atoms with Crippen LogP contribution in [-0.4, -0.2) is 47.5 Å². The number of ether oxygens (including phenoxy) is 3. The summed E-state index contributed by atoms with van der Waals surface area (Å²) < 4.78 is 22.0. The summed E-state index contributed by atoms with van der Waals surface area (Å²) in [5, 5.41) is 21.8. The highest BCUT2D eigenvalue weighted by Crippen LogP contribution is 2.55. The van der Waals surface area contributed by atoms with E-state index in [4.69, 9.17) is 18.6 Å². The predicted octanol–water partition coefficient (Wildman–Crippen LogP) is 2.73. The molecule has 0 unspecified atom stereocenters. The lowest BCUT2D eigenvalue weighted by molar-refractivity contribution is -0.144. The Kier molecular flexibility index (Phi) is 6.38. The lowest BCUT2D eigenvalue weighted by Crippen LogP contribution is -2.54. The molecule has 0 saturated carbocycles. The van der Waals surface area contributed by atoms with Crippen LogP contribution in [0.25, 0.3) is 6.08 Å². The molecule has 2 N–H and O–H groups in total. The molecule has 0 aliphatic carbocycles. The van der Waals surface area contributed by atoms with Gasteiger partial charge in [0.25, 0.3) is 0 Å². The highest BCUT2D eigenvalue weighted by Gasteiger charge is 2.69. The minimum atomic E-state index is -1.19. The van der Waals surface area contributed by atoms with Gasteiger partial charge in [0.1, 0.15) is 23.2 Å². The molecule has 0 bridgehead atoms. The Bertz CT molecular complexity index is 911. The topological polar surface area (TPSA) is 98.4 Å². The van der Waals surface area contributed by atoms with Gasteiger partial charge in [-0.1, -0.05) is 37.3 Å². The number of allylic oxidation sites excluding steroid dienone is 4. The zero-order valence-electron chi connectivity index (χ0n) is 18.0. The first-order valence-corrected chi connectivity index (χ1v) is 10.1. The molecule has 3 heterocycles. The van der Waals surface area contributed by atoms with Gasteiger partial charge < -0.3 is 28.8 Å². The third-order valence-corrected chi connectivity index (χ3v) is 6.37. The standard InChI is InChI=1S/C23H30O7/c1-6-18-23(4,26)22(3)20(25)16(29-21(22)30-18)12-10-8-7-9-11-15-14(2)17(27-5)13-19(24)28-15/h7-13,16,18,20-21,25-26H,6H2,1-5H3/b8-7+,11-9+,12-10+/t16-,18-,20+,21+,22+,23+/m0/s1. The van der Waals surface area contributed by atoms with E-state index in [0.717, 1.165) is 5.56 Å². The van der Waals surface area contributed by atoms with Gasteiger partial charge in [-0.2, -0.15) is 0 Å². The highest BCUT2D eigenvalue weighted by molar-refractivity contribution is 5.52. The van der Waals surface area contributed by atoms with Crippen LogP contribution in [0.1, 0.15) is 38.5 Å². The van der Waals surface area contributed by atoms with E-state index in [1.54, 1.807) is 57.2 Å². The van der Waals surface area contributed by atoms with Gasteiger partial charge in [-0.05, 0) is 33.3 Å². The number of aliphatic hydroxyl groups is 2. The van der Waals surface area contributed by atoms with Gasteiger partial charge in [0.05, 0.1) is 30.8 Å². The summed E-state index contributed by atoms with van der Waals surface area (Å²) in [6, 6.07) is 1.30. The molecule has 2 aliphatic heterocycles. The van der Waals surface area contributed by atoms with Crippen LogP contribution in [0.2, 0.25) is 0 Å². The Morgan fingerprint density at radius 2 is 1.90 bits per heavy atom. The Hall–Kier alpha value is -2.19. The van der Waals surface area contributed by atoms with Crippen molar-refractivity contribution in [3.63, 3.8) is 0 Å². The predicted molar refractivity (Wildman–Crippen MR) is 112 cm³/mol.